The third-order valence-corrected chi connectivity index (χ3v) is 3.15. The molecule has 0 atom stereocenters. The molecule has 0 aromatic heterocycles. The molecular weight excluding hydrogens is 249 g/mol. The molecule has 19 heavy (non-hydrogen) atoms. The summed E-state index contributed by atoms with van der Waals surface area (Å²) >= 11 is 0. The Hall–Kier alpha value is -1.62. The molecule has 0 saturated carbocycles. The second-order valence-corrected chi connectivity index (χ2v) is 5.48. The minimum absolute atomic E-state index is 0.233. The van der Waals surface area contributed by atoms with Crippen LogP contribution in [-0.2, 0) is 4.79 Å². The lowest BCUT2D eigenvalue weighted by Gasteiger charge is -2.37. The number of carbonyl (C=O) groups excluding carboxylic acids is 1. The highest BCUT2D eigenvalue weighted by Crippen LogP contribution is 2.20. The summed E-state index contributed by atoms with van der Waals surface area (Å²) in [7, 11) is 0. The third-order valence-electron chi connectivity index (χ3n) is 3.15. The normalized spacial score (nSPS) is 12.1. The van der Waals surface area contributed by atoms with Gasteiger partial charge in [0.2, 0.25) is 0 Å². The van der Waals surface area contributed by atoms with Gasteiger partial charge in [-0.15, -0.1) is 0 Å². The van der Waals surface area contributed by atoms with Crippen molar-refractivity contribution in [2.75, 3.05) is 6.61 Å². The first-order chi connectivity index (χ1) is 8.62. The van der Waals surface area contributed by atoms with Crippen molar-refractivity contribution < 1.29 is 19.0 Å². The first kappa shape index (κ1) is 15.4. The van der Waals surface area contributed by atoms with Crippen molar-refractivity contribution in [2.24, 2.45) is 0 Å². The number of amides is 1. The molecular formula is C14H20FNO3. The summed E-state index contributed by atoms with van der Waals surface area (Å²) < 4.78 is 18.1. The number of hydrogen-bond donors (Lipinski definition) is 2. The van der Waals surface area contributed by atoms with Gasteiger partial charge in [-0.05, 0) is 39.8 Å². The van der Waals surface area contributed by atoms with Crippen molar-refractivity contribution in [1.29, 1.82) is 0 Å². The topological polar surface area (TPSA) is 58.6 Å². The molecule has 0 fully saturated rings. The van der Waals surface area contributed by atoms with Crippen molar-refractivity contribution in [1.82, 2.24) is 5.32 Å². The first-order valence-electron chi connectivity index (χ1n) is 6.03. The Morgan fingerprint density at radius 3 is 2.53 bits per heavy atom. The van der Waals surface area contributed by atoms with Gasteiger partial charge < -0.3 is 15.2 Å². The van der Waals surface area contributed by atoms with Crippen molar-refractivity contribution in [3.63, 3.8) is 0 Å². The van der Waals surface area contributed by atoms with Crippen LogP contribution >= 0.6 is 0 Å². The molecule has 0 aliphatic heterocycles. The summed E-state index contributed by atoms with van der Waals surface area (Å²) in [5.41, 5.74) is -1.86. The summed E-state index contributed by atoms with van der Waals surface area (Å²) in [6, 6.07) is 5.57. The Morgan fingerprint density at radius 2 is 2.00 bits per heavy atom. The number of carbonyl (C=O) groups is 1. The molecule has 2 N–H and O–H groups in total. The largest absolute Gasteiger partial charge is 0.484 e. The number of hydrogen-bond acceptors (Lipinski definition) is 3. The molecule has 0 unspecified atom stereocenters. The Kier molecular flexibility index (Phi) is 4.52. The molecule has 4 nitrogen and oxygen atoms in total. The highest BCUT2D eigenvalue weighted by atomic mass is 19.1. The predicted octanol–water partition coefficient (Wildman–Crippen LogP) is 1.87. The minimum atomic E-state index is -1.07. The lowest BCUT2D eigenvalue weighted by Crippen LogP contribution is -2.58. The maximum atomic E-state index is 12.9. The van der Waals surface area contributed by atoms with Crippen LogP contribution in [0.15, 0.2) is 24.3 Å². The molecule has 0 aliphatic carbocycles. The van der Waals surface area contributed by atoms with Gasteiger partial charge in [0, 0.05) is 6.07 Å². The van der Waals surface area contributed by atoms with Crippen LogP contribution < -0.4 is 10.1 Å². The highest BCUT2D eigenvalue weighted by molar-refractivity contribution is 5.78. The second-order valence-electron chi connectivity index (χ2n) is 5.48. The van der Waals surface area contributed by atoms with E-state index in [0.717, 1.165) is 0 Å². The summed E-state index contributed by atoms with van der Waals surface area (Å²) in [4.78, 5) is 11.7. The van der Waals surface area contributed by atoms with Gasteiger partial charge in [0.05, 0.1) is 11.1 Å². The monoisotopic (exact) mass is 269 g/mol. The molecule has 1 rings (SSSR count). The maximum Gasteiger partial charge on any atom is 0.258 e. The van der Waals surface area contributed by atoms with Gasteiger partial charge in [0.1, 0.15) is 11.6 Å². The summed E-state index contributed by atoms with van der Waals surface area (Å²) in [5.74, 6) is -0.512. The molecule has 106 valence electrons. The molecule has 5 heteroatoms. The fraction of sp³-hybridized carbons (Fsp3) is 0.500. The molecule has 0 saturated heterocycles. The number of halogens is 1. The van der Waals surface area contributed by atoms with E-state index >= 15 is 0 Å². The van der Waals surface area contributed by atoms with Crippen LogP contribution in [-0.4, -0.2) is 28.8 Å². The fourth-order valence-corrected chi connectivity index (χ4v) is 1.24. The van der Waals surface area contributed by atoms with E-state index in [1.807, 2.05) is 0 Å². The Labute approximate surface area is 112 Å². The van der Waals surface area contributed by atoms with Gasteiger partial charge in [-0.2, -0.15) is 0 Å². The van der Waals surface area contributed by atoms with Crippen LogP contribution in [0.3, 0.4) is 0 Å². The molecule has 0 radical (unpaired) electrons. The predicted molar refractivity (Wildman–Crippen MR) is 70.4 cm³/mol. The number of rotatable bonds is 5. The number of benzene rings is 1. The highest BCUT2D eigenvalue weighted by Gasteiger charge is 2.36. The van der Waals surface area contributed by atoms with E-state index in [1.54, 1.807) is 33.8 Å². The number of aliphatic hydroxyl groups is 1. The SMILES string of the molecule is CC(C)(O)C(C)(C)NC(=O)COc1cccc(F)c1. The quantitative estimate of drug-likeness (QED) is 0.858. The van der Waals surface area contributed by atoms with E-state index in [0.29, 0.717) is 0 Å². The summed E-state index contributed by atoms with van der Waals surface area (Å²) in [6.07, 6.45) is 0. The Morgan fingerprint density at radius 1 is 1.37 bits per heavy atom. The zero-order chi connectivity index (χ0) is 14.7. The van der Waals surface area contributed by atoms with Gasteiger partial charge in [0.15, 0.2) is 6.61 Å². The van der Waals surface area contributed by atoms with Crippen LogP contribution in [0.5, 0.6) is 5.75 Å². The van der Waals surface area contributed by atoms with E-state index in [9.17, 15) is 14.3 Å². The van der Waals surface area contributed by atoms with Crippen LogP contribution in [0.2, 0.25) is 0 Å². The van der Waals surface area contributed by atoms with Gasteiger partial charge in [-0.3, -0.25) is 4.79 Å². The van der Waals surface area contributed by atoms with Crippen molar-refractivity contribution in [3.8, 4) is 5.75 Å². The molecule has 0 bridgehead atoms. The summed E-state index contributed by atoms with van der Waals surface area (Å²) in [6.45, 7) is 6.42. The van der Waals surface area contributed by atoms with Gasteiger partial charge in [0.25, 0.3) is 5.91 Å². The van der Waals surface area contributed by atoms with Gasteiger partial charge in [-0.1, -0.05) is 6.07 Å². The van der Waals surface area contributed by atoms with Crippen molar-refractivity contribution in [3.05, 3.63) is 30.1 Å². The van der Waals surface area contributed by atoms with Crippen LogP contribution in [0.25, 0.3) is 0 Å². The molecule has 0 heterocycles. The van der Waals surface area contributed by atoms with E-state index in [1.165, 1.54) is 18.2 Å². The van der Waals surface area contributed by atoms with E-state index < -0.39 is 17.0 Å². The van der Waals surface area contributed by atoms with Crippen molar-refractivity contribution in [2.45, 2.75) is 38.8 Å². The number of nitrogens with one attached hydrogen (secondary N) is 1. The molecule has 1 aromatic rings. The van der Waals surface area contributed by atoms with E-state index in [4.69, 9.17) is 4.74 Å². The first-order valence-corrected chi connectivity index (χ1v) is 6.03. The average Bonchev–Trinajstić information content (AvgIpc) is 2.24. The Balaban J connectivity index is 2.53. The lowest BCUT2D eigenvalue weighted by molar-refractivity contribution is -0.128. The maximum absolute atomic E-state index is 12.9. The van der Waals surface area contributed by atoms with Crippen molar-refractivity contribution >= 4 is 5.91 Å². The van der Waals surface area contributed by atoms with Crippen LogP contribution in [0.1, 0.15) is 27.7 Å². The standard InChI is InChI=1S/C14H20FNO3/c1-13(2,14(3,4)18)16-12(17)9-19-11-7-5-6-10(15)8-11/h5-8,18H,9H2,1-4H3,(H,16,17). The third kappa shape index (κ3) is 4.52. The zero-order valence-corrected chi connectivity index (χ0v) is 11.7. The molecule has 1 amide bonds. The zero-order valence-electron chi connectivity index (χ0n) is 11.7. The average molecular weight is 269 g/mol. The number of ether oxygens (including phenoxy) is 1. The van der Waals surface area contributed by atoms with E-state index in [2.05, 4.69) is 5.32 Å². The van der Waals surface area contributed by atoms with E-state index in [-0.39, 0.29) is 18.3 Å². The summed E-state index contributed by atoms with van der Waals surface area (Å²) in [5, 5.41) is 12.6. The lowest BCUT2D eigenvalue weighted by atomic mass is 9.86. The minimum Gasteiger partial charge on any atom is -0.484 e. The molecule has 0 aliphatic rings. The van der Waals surface area contributed by atoms with Gasteiger partial charge >= 0.3 is 0 Å². The molecule has 1 aromatic carbocycles. The fourth-order valence-electron chi connectivity index (χ4n) is 1.24. The smallest absolute Gasteiger partial charge is 0.258 e. The Bertz CT molecular complexity index is 452. The second kappa shape index (κ2) is 5.57. The van der Waals surface area contributed by atoms with Crippen LogP contribution in [0.4, 0.5) is 4.39 Å². The van der Waals surface area contributed by atoms with Gasteiger partial charge in [-0.25, -0.2) is 4.39 Å². The van der Waals surface area contributed by atoms with Crippen LogP contribution in [0, 0.1) is 5.82 Å². The molecule has 0 spiro atoms.